The number of benzene rings is 2. The van der Waals surface area contributed by atoms with Crippen molar-refractivity contribution in [1.82, 2.24) is 0 Å². The van der Waals surface area contributed by atoms with Crippen molar-refractivity contribution in [3.8, 4) is 11.8 Å². The zero-order valence-corrected chi connectivity index (χ0v) is 16.3. The lowest BCUT2D eigenvalue weighted by Gasteiger charge is -2.18. The Balaban J connectivity index is 1.43. The number of hydrogen-bond donors (Lipinski definition) is 1. The smallest absolute Gasteiger partial charge is 0.347 e. The lowest BCUT2D eigenvalue weighted by molar-refractivity contribution is -0.153. The number of rotatable bonds is 7. The van der Waals surface area contributed by atoms with E-state index in [0.717, 1.165) is 18.8 Å². The fourth-order valence-corrected chi connectivity index (χ4v) is 3.04. The van der Waals surface area contributed by atoms with E-state index in [4.69, 9.17) is 14.7 Å². The van der Waals surface area contributed by atoms with Crippen molar-refractivity contribution < 1.29 is 19.1 Å². The van der Waals surface area contributed by atoms with Crippen LogP contribution >= 0.6 is 0 Å². The molecule has 0 aliphatic carbocycles. The second-order valence-corrected chi connectivity index (χ2v) is 6.79. The van der Waals surface area contributed by atoms with Crippen LogP contribution in [0.2, 0.25) is 0 Å². The highest BCUT2D eigenvalue weighted by molar-refractivity contribution is 5.93. The average molecular weight is 393 g/mol. The van der Waals surface area contributed by atoms with Crippen LogP contribution in [0.25, 0.3) is 0 Å². The molecule has 0 radical (unpaired) electrons. The van der Waals surface area contributed by atoms with E-state index in [1.54, 1.807) is 24.3 Å². The molecule has 1 aliphatic rings. The van der Waals surface area contributed by atoms with Crippen LogP contribution in [0, 0.1) is 11.3 Å². The number of nitrogens with zero attached hydrogens (tertiary/aromatic N) is 2. The van der Waals surface area contributed by atoms with Gasteiger partial charge in [-0.1, -0.05) is 0 Å². The maximum absolute atomic E-state index is 12.0. The van der Waals surface area contributed by atoms with Gasteiger partial charge in [-0.05, 0) is 68.3 Å². The number of esters is 1. The molecule has 2 aromatic carbocycles. The summed E-state index contributed by atoms with van der Waals surface area (Å²) in [6, 6.07) is 16.0. The van der Waals surface area contributed by atoms with Gasteiger partial charge in [0.15, 0.2) is 12.7 Å². The minimum absolute atomic E-state index is 0.395. The molecule has 29 heavy (non-hydrogen) atoms. The molecule has 0 bridgehead atoms. The molecule has 1 amide bonds. The van der Waals surface area contributed by atoms with Gasteiger partial charge < -0.3 is 19.7 Å². The first-order valence-corrected chi connectivity index (χ1v) is 9.53. The quantitative estimate of drug-likeness (QED) is 0.727. The molecule has 3 rings (SSSR count). The Labute approximate surface area is 169 Å². The van der Waals surface area contributed by atoms with Crippen LogP contribution in [0.5, 0.6) is 5.75 Å². The molecule has 0 unspecified atom stereocenters. The highest BCUT2D eigenvalue weighted by atomic mass is 16.6. The Morgan fingerprint density at radius 1 is 1.10 bits per heavy atom. The molecule has 1 aliphatic heterocycles. The van der Waals surface area contributed by atoms with Gasteiger partial charge in [0, 0.05) is 24.5 Å². The molecule has 150 valence electrons. The van der Waals surface area contributed by atoms with Crippen molar-refractivity contribution in [3.63, 3.8) is 0 Å². The maximum atomic E-state index is 12.0. The molecular formula is C22H23N3O4. The number of anilines is 2. The van der Waals surface area contributed by atoms with E-state index in [0.29, 0.717) is 17.0 Å². The number of carbonyl (C=O) groups excluding carboxylic acids is 2. The third-order valence-corrected chi connectivity index (χ3v) is 4.60. The molecule has 0 aromatic heterocycles. The molecule has 1 fully saturated rings. The van der Waals surface area contributed by atoms with Crippen LogP contribution in [0.15, 0.2) is 48.5 Å². The first-order valence-electron chi connectivity index (χ1n) is 9.53. The largest absolute Gasteiger partial charge is 0.479 e. The molecule has 0 saturated carbocycles. The first kappa shape index (κ1) is 20.2. The van der Waals surface area contributed by atoms with Crippen molar-refractivity contribution in [2.45, 2.75) is 25.9 Å². The van der Waals surface area contributed by atoms with Crippen molar-refractivity contribution in [3.05, 3.63) is 54.1 Å². The number of amides is 1. The standard InChI is InChI=1S/C22H23N3O4/c1-16(29-20-10-4-17(14-23)5-11-20)22(27)28-15-21(26)24-18-6-8-19(9-7-18)25-12-2-3-13-25/h4-11,16H,2-3,12-13,15H2,1H3,(H,24,26)/t16-/m1/s1. The number of nitriles is 1. The Kier molecular flexibility index (Phi) is 6.69. The van der Waals surface area contributed by atoms with Gasteiger partial charge in [0.25, 0.3) is 5.91 Å². The second kappa shape index (κ2) is 9.60. The summed E-state index contributed by atoms with van der Waals surface area (Å²) in [5, 5.41) is 11.5. The predicted octanol–water partition coefficient (Wildman–Crippen LogP) is 3.11. The maximum Gasteiger partial charge on any atom is 0.347 e. The number of carbonyl (C=O) groups is 2. The van der Waals surface area contributed by atoms with Gasteiger partial charge in [-0.2, -0.15) is 5.26 Å². The Hall–Kier alpha value is -3.53. The van der Waals surface area contributed by atoms with E-state index >= 15 is 0 Å². The van der Waals surface area contributed by atoms with E-state index in [1.165, 1.54) is 19.8 Å². The monoisotopic (exact) mass is 393 g/mol. The topological polar surface area (TPSA) is 91.7 Å². The average Bonchev–Trinajstić information content (AvgIpc) is 3.28. The van der Waals surface area contributed by atoms with Gasteiger partial charge in [-0.25, -0.2) is 4.79 Å². The molecule has 7 nitrogen and oxygen atoms in total. The number of nitrogens with one attached hydrogen (secondary N) is 1. The number of hydrogen-bond acceptors (Lipinski definition) is 6. The summed E-state index contributed by atoms with van der Waals surface area (Å²) in [4.78, 5) is 26.4. The second-order valence-electron chi connectivity index (χ2n) is 6.79. The van der Waals surface area contributed by atoms with Crippen LogP contribution in [0.4, 0.5) is 11.4 Å². The van der Waals surface area contributed by atoms with Crippen LogP contribution < -0.4 is 15.0 Å². The van der Waals surface area contributed by atoms with E-state index in [1.807, 2.05) is 30.3 Å². The zero-order valence-electron chi connectivity index (χ0n) is 16.3. The minimum Gasteiger partial charge on any atom is -0.479 e. The Morgan fingerprint density at radius 3 is 2.38 bits per heavy atom. The summed E-state index contributed by atoms with van der Waals surface area (Å²) < 4.78 is 10.5. The third kappa shape index (κ3) is 5.72. The molecule has 0 spiro atoms. The van der Waals surface area contributed by atoms with Crippen molar-refractivity contribution >= 4 is 23.3 Å². The molecule has 7 heteroatoms. The fourth-order valence-electron chi connectivity index (χ4n) is 3.04. The summed E-state index contributed by atoms with van der Waals surface area (Å²) >= 11 is 0. The molecule has 1 heterocycles. The third-order valence-electron chi connectivity index (χ3n) is 4.60. The summed E-state index contributed by atoms with van der Waals surface area (Å²) in [7, 11) is 0. The normalized spacial score (nSPS) is 14.0. The van der Waals surface area contributed by atoms with Gasteiger partial charge in [-0.3, -0.25) is 4.79 Å². The zero-order chi connectivity index (χ0) is 20.6. The minimum atomic E-state index is -0.879. The van der Waals surface area contributed by atoms with Gasteiger partial charge in [0.05, 0.1) is 11.6 Å². The summed E-state index contributed by atoms with van der Waals surface area (Å²) in [5.74, 6) is -0.622. The molecule has 1 N–H and O–H groups in total. The van der Waals surface area contributed by atoms with Gasteiger partial charge in [0.2, 0.25) is 0 Å². The van der Waals surface area contributed by atoms with Gasteiger partial charge in [-0.15, -0.1) is 0 Å². The highest BCUT2D eigenvalue weighted by Gasteiger charge is 2.18. The Bertz CT molecular complexity index is 882. The van der Waals surface area contributed by atoms with Crippen LogP contribution in [-0.2, 0) is 14.3 Å². The molecule has 2 aromatic rings. The highest BCUT2D eigenvalue weighted by Crippen LogP contribution is 2.22. The van der Waals surface area contributed by atoms with Crippen molar-refractivity contribution in [1.29, 1.82) is 5.26 Å². The van der Waals surface area contributed by atoms with Crippen LogP contribution in [-0.4, -0.2) is 37.7 Å². The molecule has 1 atom stereocenters. The van der Waals surface area contributed by atoms with Crippen molar-refractivity contribution in [2.24, 2.45) is 0 Å². The summed E-state index contributed by atoms with van der Waals surface area (Å²) in [6.45, 7) is 3.26. The first-order chi connectivity index (χ1) is 14.0. The van der Waals surface area contributed by atoms with Crippen LogP contribution in [0.3, 0.4) is 0 Å². The lowest BCUT2D eigenvalue weighted by Crippen LogP contribution is -2.29. The fraction of sp³-hybridized carbons (Fsp3) is 0.318. The van der Waals surface area contributed by atoms with E-state index in [9.17, 15) is 9.59 Å². The lowest BCUT2D eigenvalue weighted by atomic mass is 10.2. The number of ether oxygens (including phenoxy) is 2. The van der Waals surface area contributed by atoms with Gasteiger partial charge in [0.1, 0.15) is 5.75 Å². The SMILES string of the molecule is C[C@@H](Oc1ccc(C#N)cc1)C(=O)OCC(=O)Nc1ccc(N2CCCC2)cc1. The van der Waals surface area contributed by atoms with E-state index in [2.05, 4.69) is 10.2 Å². The van der Waals surface area contributed by atoms with E-state index in [-0.39, 0.29) is 0 Å². The molecular weight excluding hydrogens is 370 g/mol. The summed E-state index contributed by atoms with van der Waals surface area (Å²) in [5.41, 5.74) is 2.29. The predicted molar refractivity (Wildman–Crippen MR) is 109 cm³/mol. The molecule has 1 saturated heterocycles. The summed E-state index contributed by atoms with van der Waals surface area (Å²) in [6.07, 6.45) is 1.53. The van der Waals surface area contributed by atoms with Gasteiger partial charge >= 0.3 is 5.97 Å². The Morgan fingerprint density at radius 2 is 1.76 bits per heavy atom. The van der Waals surface area contributed by atoms with Crippen molar-refractivity contribution in [2.75, 3.05) is 29.9 Å². The van der Waals surface area contributed by atoms with E-state index < -0.39 is 24.6 Å². The van der Waals surface area contributed by atoms with Crippen LogP contribution in [0.1, 0.15) is 25.3 Å².